The number of anilines is 1. The van der Waals surface area contributed by atoms with Crippen LogP contribution in [0.3, 0.4) is 0 Å². The first-order valence-corrected chi connectivity index (χ1v) is 4.71. The van der Waals surface area contributed by atoms with Gasteiger partial charge in [-0.3, -0.25) is 0 Å². The van der Waals surface area contributed by atoms with Crippen LogP contribution in [0.2, 0.25) is 0 Å². The number of benzene rings is 1. The fraction of sp³-hybridized carbons (Fsp3) is 0.125. The maximum absolute atomic E-state index is 5.69. The van der Waals surface area contributed by atoms with Crippen molar-refractivity contribution in [2.75, 3.05) is 11.5 Å². The lowest BCUT2D eigenvalue weighted by Crippen LogP contribution is -1.87. The molecule has 0 bridgehead atoms. The molecule has 0 fully saturated rings. The maximum Gasteiger partial charge on any atom is 0.0452 e. The van der Waals surface area contributed by atoms with E-state index in [0.29, 0.717) is 0 Å². The Morgan fingerprint density at radius 1 is 1.45 bits per heavy atom. The van der Waals surface area contributed by atoms with E-state index in [0.717, 1.165) is 16.3 Å². The zero-order valence-corrected chi connectivity index (χ0v) is 7.62. The van der Waals surface area contributed by atoms with Gasteiger partial charge in [-0.1, -0.05) is 24.4 Å². The van der Waals surface area contributed by atoms with E-state index in [1.54, 1.807) is 17.1 Å². The van der Waals surface area contributed by atoms with Gasteiger partial charge in [-0.2, -0.15) is 0 Å². The number of nitrogen functional groups attached to an aromatic ring is 1. The van der Waals surface area contributed by atoms with Crippen LogP contribution in [-0.2, 0) is 0 Å². The maximum atomic E-state index is 5.69. The Hall–Kier alpha value is -0.540. The van der Waals surface area contributed by atoms with E-state index in [-0.39, 0.29) is 0 Å². The molecule has 1 nitrogen and oxygen atoms in total. The number of nitrogens with two attached hydrogens (primary N) is 1. The number of thioether (sulfide) groups is 1. The second kappa shape index (κ2) is 4.36. The normalized spacial score (nSPS) is 9.45. The van der Waals surface area contributed by atoms with Crippen molar-refractivity contribution >= 4 is 35.0 Å². The van der Waals surface area contributed by atoms with Gasteiger partial charge < -0.3 is 5.73 Å². The van der Waals surface area contributed by atoms with Crippen molar-refractivity contribution in [1.82, 2.24) is 0 Å². The molecule has 0 spiro atoms. The Morgan fingerprint density at radius 3 is 2.82 bits per heavy atom. The highest BCUT2D eigenvalue weighted by Gasteiger charge is 1.94. The average Bonchev–Trinajstić information content (AvgIpc) is 2.03. The van der Waals surface area contributed by atoms with Crippen LogP contribution in [0.4, 0.5) is 5.69 Å². The minimum Gasteiger partial charge on any atom is -0.398 e. The lowest BCUT2D eigenvalue weighted by Gasteiger charge is -2.00. The minimum atomic E-state index is 0.828. The second-order valence-corrected chi connectivity index (χ2v) is 3.41. The van der Waals surface area contributed by atoms with Gasteiger partial charge in [0, 0.05) is 16.3 Å². The van der Waals surface area contributed by atoms with E-state index in [2.05, 4.69) is 0 Å². The van der Waals surface area contributed by atoms with Crippen LogP contribution in [-0.4, -0.2) is 11.1 Å². The van der Waals surface area contributed by atoms with Gasteiger partial charge in [0.15, 0.2) is 0 Å². The minimum absolute atomic E-state index is 0.828. The monoisotopic (exact) mass is 183 g/mol. The predicted octanol–water partition coefficient (Wildman–Crippen LogP) is 2.36. The van der Waals surface area contributed by atoms with Gasteiger partial charge in [0.2, 0.25) is 0 Å². The summed E-state index contributed by atoms with van der Waals surface area (Å²) in [5, 5.41) is 1.71. The Balaban J connectivity index is 2.69. The molecule has 0 amide bonds. The molecule has 1 aromatic carbocycles. The standard InChI is InChI=1S/C8H9NS2/c9-7-3-1-2-4-8(7)11-6-5-10/h1-5H,6,9H2. The molecule has 0 aliphatic carbocycles. The summed E-state index contributed by atoms with van der Waals surface area (Å²) in [6.45, 7) is 0. The van der Waals surface area contributed by atoms with Gasteiger partial charge in [-0.25, -0.2) is 0 Å². The summed E-state index contributed by atoms with van der Waals surface area (Å²) in [5.74, 6) is 0.837. The lowest BCUT2D eigenvalue weighted by atomic mass is 10.3. The van der Waals surface area contributed by atoms with Crippen molar-refractivity contribution in [1.29, 1.82) is 0 Å². The van der Waals surface area contributed by atoms with Gasteiger partial charge in [0.05, 0.1) is 0 Å². The topological polar surface area (TPSA) is 26.0 Å². The third-order valence-corrected chi connectivity index (χ3v) is 2.62. The Labute approximate surface area is 76.0 Å². The molecule has 0 unspecified atom stereocenters. The van der Waals surface area contributed by atoms with Gasteiger partial charge in [-0.05, 0) is 17.5 Å². The van der Waals surface area contributed by atoms with Crippen LogP contribution in [0.25, 0.3) is 0 Å². The Kier molecular flexibility index (Phi) is 3.39. The van der Waals surface area contributed by atoms with Gasteiger partial charge in [-0.15, -0.1) is 11.8 Å². The molecule has 0 aromatic heterocycles. The highest BCUT2D eigenvalue weighted by Crippen LogP contribution is 2.23. The molecule has 0 aliphatic heterocycles. The molecule has 0 saturated carbocycles. The van der Waals surface area contributed by atoms with Gasteiger partial charge in [0.1, 0.15) is 0 Å². The number of thiocarbonyl (C=S) groups is 1. The fourth-order valence-electron chi connectivity index (χ4n) is 0.736. The molecule has 0 atom stereocenters. The van der Waals surface area contributed by atoms with Crippen LogP contribution < -0.4 is 5.73 Å². The molecular formula is C8H9NS2. The Bertz CT molecular complexity index is 248. The highest BCUT2D eigenvalue weighted by molar-refractivity contribution is 8.01. The van der Waals surface area contributed by atoms with Crippen LogP contribution in [0.1, 0.15) is 0 Å². The zero-order valence-electron chi connectivity index (χ0n) is 5.99. The largest absolute Gasteiger partial charge is 0.398 e. The average molecular weight is 183 g/mol. The molecule has 0 saturated heterocycles. The van der Waals surface area contributed by atoms with E-state index in [1.807, 2.05) is 24.3 Å². The summed E-state index contributed by atoms with van der Waals surface area (Å²) in [6, 6.07) is 7.80. The summed E-state index contributed by atoms with van der Waals surface area (Å²) in [7, 11) is 0. The fourth-order valence-corrected chi connectivity index (χ4v) is 1.60. The zero-order chi connectivity index (χ0) is 8.10. The number of hydrogen-bond donors (Lipinski definition) is 1. The molecule has 3 heteroatoms. The second-order valence-electron chi connectivity index (χ2n) is 2.02. The van der Waals surface area contributed by atoms with Crippen molar-refractivity contribution in [2.45, 2.75) is 4.90 Å². The van der Waals surface area contributed by atoms with Gasteiger partial charge in [0.25, 0.3) is 0 Å². The van der Waals surface area contributed by atoms with Crippen molar-refractivity contribution in [3.63, 3.8) is 0 Å². The summed E-state index contributed by atoms with van der Waals surface area (Å²) >= 11 is 6.37. The smallest absolute Gasteiger partial charge is 0.0452 e. The lowest BCUT2D eigenvalue weighted by molar-refractivity contribution is 1.46. The third-order valence-electron chi connectivity index (χ3n) is 1.23. The first-order valence-electron chi connectivity index (χ1n) is 3.25. The first-order chi connectivity index (χ1) is 5.34. The first kappa shape index (κ1) is 8.56. The highest BCUT2D eigenvalue weighted by atomic mass is 32.2. The number of para-hydroxylation sites is 1. The van der Waals surface area contributed by atoms with E-state index in [1.165, 1.54) is 0 Å². The van der Waals surface area contributed by atoms with Gasteiger partial charge >= 0.3 is 0 Å². The van der Waals surface area contributed by atoms with Crippen molar-refractivity contribution < 1.29 is 0 Å². The van der Waals surface area contributed by atoms with Crippen molar-refractivity contribution in [3.8, 4) is 0 Å². The summed E-state index contributed by atoms with van der Waals surface area (Å²) < 4.78 is 0. The number of rotatable bonds is 3. The predicted molar refractivity (Wildman–Crippen MR) is 55.2 cm³/mol. The van der Waals surface area contributed by atoms with Crippen molar-refractivity contribution in [3.05, 3.63) is 24.3 Å². The molecule has 1 rings (SSSR count). The molecule has 2 N–H and O–H groups in total. The SMILES string of the molecule is Nc1ccccc1SCC=S. The van der Waals surface area contributed by atoms with E-state index < -0.39 is 0 Å². The molecular weight excluding hydrogens is 174 g/mol. The van der Waals surface area contributed by atoms with Crippen LogP contribution in [0, 0.1) is 0 Å². The summed E-state index contributed by atoms with van der Waals surface area (Å²) in [6.07, 6.45) is 0. The molecule has 1 aromatic rings. The molecule has 11 heavy (non-hydrogen) atoms. The van der Waals surface area contributed by atoms with Crippen LogP contribution in [0.5, 0.6) is 0 Å². The Morgan fingerprint density at radius 2 is 2.18 bits per heavy atom. The van der Waals surface area contributed by atoms with E-state index >= 15 is 0 Å². The quantitative estimate of drug-likeness (QED) is 0.442. The number of hydrogen-bond acceptors (Lipinski definition) is 3. The third kappa shape index (κ3) is 2.52. The van der Waals surface area contributed by atoms with E-state index in [9.17, 15) is 0 Å². The van der Waals surface area contributed by atoms with Crippen molar-refractivity contribution in [2.24, 2.45) is 0 Å². The molecule has 0 heterocycles. The summed E-state index contributed by atoms with van der Waals surface area (Å²) in [4.78, 5) is 1.11. The van der Waals surface area contributed by atoms with E-state index in [4.69, 9.17) is 18.0 Å². The van der Waals surface area contributed by atoms with Crippen LogP contribution >= 0.6 is 24.0 Å². The molecule has 58 valence electrons. The van der Waals surface area contributed by atoms with Crippen LogP contribution in [0.15, 0.2) is 29.2 Å². The summed E-state index contributed by atoms with van der Waals surface area (Å²) in [5.41, 5.74) is 6.52. The molecule has 0 radical (unpaired) electrons. The molecule has 0 aliphatic rings.